The van der Waals surface area contributed by atoms with Crippen LogP contribution in [0.1, 0.15) is 0 Å². The normalized spacial score (nSPS) is 13.5. The molecule has 1 aliphatic heterocycles. The Balaban J connectivity index is 1.96. The molecule has 1 aromatic carbocycles. The first-order valence-electron chi connectivity index (χ1n) is 6.43. The van der Waals surface area contributed by atoms with Crippen molar-refractivity contribution in [2.75, 3.05) is 32.1 Å². The summed E-state index contributed by atoms with van der Waals surface area (Å²) in [7, 11) is 1.48. The highest BCUT2D eigenvalue weighted by atomic mass is 35.5. The maximum atomic E-state index is 12.0. The van der Waals surface area contributed by atoms with Crippen LogP contribution in [0.3, 0.4) is 0 Å². The lowest BCUT2D eigenvalue weighted by Gasteiger charge is -2.21. The fourth-order valence-electron chi connectivity index (χ4n) is 1.75. The molecule has 0 aromatic heterocycles. The number of carbonyl (C=O) groups excluding carboxylic acids is 2. The van der Waals surface area contributed by atoms with Gasteiger partial charge in [0.2, 0.25) is 11.7 Å². The van der Waals surface area contributed by atoms with Crippen molar-refractivity contribution < 1.29 is 19.1 Å². The minimum absolute atomic E-state index is 0.0670. The van der Waals surface area contributed by atoms with Crippen LogP contribution in [0.2, 0.25) is 10.0 Å². The molecule has 0 spiro atoms. The third-order valence-electron chi connectivity index (χ3n) is 2.81. The van der Waals surface area contributed by atoms with Gasteiger partial charge in [0.15, 0.2) is 0 Å². The van der Waals surface area contributed by atoms with Gasteiger partial charge in [-0.1, -0.05) is 29.3 Å². The first-order chi connectivity index (χ1) is 10.5. The summed E-state index contributed by atoms with van der Waals surface area (Å²) in [4.78, 5) is 25.3. The summed E-state index contributed by atoms with van der Waals surface area (Å²) in [5, 5.41) is 3.22. The fourth-order valence-corrected chi connectivity index (χ4v) is 2.24. The molecule has 2 rings (SSSR count). The monoisotopic (exact) mass is 344 g/mol. The number of para-hydroxylation sites is 1. The molecule has 0 fully saturated rings. The van der Waals surface area contributed by atoms with Crippen molar-refractivity contribution >= 4 is 40.7 Å². The van der Waals surface area contributed by atoms with Crippen LogP contribution in [0.5, 0.6) is 0 Å². The Labute approximate surface area is 137 Å². The summed E-state index contributed by atoms with van der Waals surface area (Å²) in [6.07, 6.45) is 1.24. The highest BCUT2D eigenvalue weighted by molar-refractivity contribution is 6.39. The van der Waals surface area contributed by atoms with E-state index in [1.54, 1.807) is 18.2 Å². The molecule has 1 aliphatic rings. The summed E-state index contributed by atoms with van der Waals surface area (Å²) in [5.41, 5.74) is 0.313. The predicted octanol–water partition coefficient (Wildman–Crippen LogP) is 2.28. The zero-order chi connectivity index (χ0) is 16.1. The fraction of sp³-hybridized carbons (Fsp3) is 0.286. The van der Waals surface area contributed by atoms with E-state index in [1.165, 1.54) is 18.2 Å². The van der Waals surface area contributed by atoms with Gasteiger partial charge in [0, 0.05) is 7.05 Å². The SMILES string of the molecule is CN(CC(=O)Nc1c(Cl)cccc1Cl)C(=O)C1=COCCO1. The summed E-state index contributed by atoms with van der Waals surface area (Å²) in [6, 6.07) is 4.88. The lowest BCUT2D eigenvalue weighted by Crippen LogP contribution is -2.37. The Kier molecular flexibility index (Phi) is 5.51. The smallest absolute Gasteiger partial charge is 0.292 e. The molecular formula is C14H14Cl2N2O4. The second-order valence-corrected chi connectivity index (χ2v) is 5.32. The number of rotatable bonds is 4. The van der Waals surface area contributed by atoms with Crippen molar-refractivity contribution in [3.8, 4) is 0 Å². The Morgan fingerprint density at radius 3 is 2.55 bits per heavy atom. The number of ether oxygens (including phenoxy) is 2. The third kappa shape index (κ3) is 4.05. The summed E-state index contributed by atoms with van der Waals surface area (Å²) in [5.74, 6) is -0.805. The van der Waals surface area contributed by atoms with Crippen molar-refractivity contribution in [1.82, 2.24) is 4.90 Å². The van der Waals surface area contributed by atoms with E-state index in [1.807, 2.05) is 0 Å². The minimum Gasteiger partial charge on any atom is -0.494 e. The molecule has 0 radical (unpaired) electrons. The molecular weight excluding hydrogens is 331 g/mol. The van der Waals surface area contributed by atoms with E-state index in [-0.39, 0.29) is 12.3 Å². The maximum absolute atomic E-state index is 12.0. The molecule has 0 unspecified atom stereocenters. The molecule has 1 heterocycles. The lowest BCUT2D eigenvalue weighted by atomic mass is 10.3. The quantitative estimate of drug-likeness (QED) is 0.909. The van der Waals surface area contributed by atoms with Crippen LogP contribution in [0.25, 0.3) is 0 Å². The van der Waals surface area contributed by atoms with E-state index in [0.717, 1.165) is 0 Å². The molecule has 0 saturated carbocycles. The van der Waals surface area contributed by atoms with Crippen LogP contribution in [0.4, 0.5) is 5.69 Å². The molecule has 118 valence electrons. The zero-order valence-electron chi connectivity index (χ0n) is 11.8. The molecule has 0 atom stereocenters. The first-order valence-corrected chi connectivity index (χ1v) is 7.18. The average Bonchev–Trinajstić information content (AvgIpc) is 2.51. The van der Waals surface area contributed by atoms with Gasteiger partial charge < -0.3 is 19.7 Å². The summed E-state index contributed by atoms with van der Waals surface area (Å²) >= 11 is 11.9. The second kappa shape index (κ2) is 7.38. The Morgan fingerprint density at radius 1 is 1.27 bits per heavy atom. The van der Waals surface area contributed by atoms with Gasteiger partial charge in [0.05, 0.1) is 22.3 Å². The van der Waals surface area contributed by atoms with Crippen molar-refractivity contribution in [1.29, 1.82) is 0 Å². The van der Waals surface area contributed by atoms with Gasteiger partial charge >= 0.3 is 0 Å². The first kappa shape index (κ1) is 16.5. The molecule has 2 amide bonds. The molecule has 0 aliphatic carbocycles. The van der Waals surface area contributed by atoms with Crippen LogP contribution >= 0.6 is 23.2 Å². The molecule has 0 saturated heterocycles. The van der Waals surface area contributed by atoms with Crippen molar-refractivity contribution in [3.05, 3.63) is 40.3 Å². The van der Waals surface area contributed by atoms with Gasteiger partial charge in [0.25, 0.3) is 5.91 Å². The molecule has 6 nitrogen and oxygen atoms in total. The number of carbonyl (C=O) groups is 2. The number of halogens is 2. The number of anilines is 1. The number of benzene rings is 1. The van der Waals surface area contributed by atoms with E-state index in [2.05, 4.69) is 5.32 Å². The van der Waals surface area contributed by atoms with Crippen molar-refractivity contribution in [3.63, 3.8) is 0 Å². The predicted molar refractivity (Wildman–Crippen MR) is 82.7 cm³/mol. The zero-order valence-corrected chi connectivity index (χ0v) is 13.3. The Bertz CT molecular complexity index is 599. The highest BCUT2D eigenvalue weighted by Gasteiger charge is 2.21. The second-order valence-electron chi connectivity index (χ2n) is 4.51. The van der Waals surface area contributed by atoms with Gasteiger partial charge in [-0.15, -0.1) is 0 Å². The largest absolute Gasteiger partial charge is 0.494 e. The number of nitrogens with one attached hydrogen (secondary N) is 1. The average molecular weight is 345 g/mol. The topological polar surface area (TPSA) is 67.9 Å². The van der Waals surface area contributed by atoms with E-state index in [0.29, 0.717) is 28.9 Å². The molecule has 1 aromatic rings. The van der Waals surface area contributed by atoms with Crippen molar-refractivity contribution in [2.45, 2.75) is 0 Å². The van der Waals surface area contributed by atoms with Crippen LogP contribution in [-0.4, -0.2) is 43.5 Å². The number of hydrogen-bond acceptors (Lipinski definition) is 4. The van der Waals surface area contributed by atoms with E-state index in [9.17, 15) is 9.59 Å². The van der Waals surface area contributed by atoms with E-state index >= 15 is 0 Å². The molecule has 8 heteroatoms. The van der Waals surface area contributed by atoms with Crippen LogP contribution in [0, 0.1) is 0 Å². The summed E-state index contributed by atoms with van der Waals surface area (Å²) in [6.45, 7) is 0.514. The standard InChI is InChI=1S/C14H14Cl2N2O4/c1-18(14(20)11-8-21-5-6-22-11)7-12(19)17-13-9(15)3-2-4-10(13)16/h2-4,8H,5-7H2,1H3,(H,17,19). The number of likely N-dealkylation sites (N-methyl/N-ethyl adjacent to an activating group) is 1. The molecule has 1 N–H and O–H groups in total. The molecule has 0 bridgehead atoms. The Hall–Kier alpha value is -1.92. The lowest BCUT2D eigenvalue weighted by molar-refractivity contribution is -0.134. The van der Waals surface area contributed by atoms with Crippen LogP contribution in [-0.2, 0) is 19.1 Å². The van der Waals surface area contributed by atoms with Crippen LogP contribution in [0.15, 0.2) is 30.2 Å². The molecule has 22 heavy (non-hydrogen) atoms. The van der Waals surface area contributed by atoms with Gasteiger partial charge in [-0.25, -0.2) is 0 Å². The van der Waals surface area contributed by atoms with E-state index < -0.39 is 11.8 Å². The number of nitrogens with zero attached hydrogens (tertiary/aromatic N) is 1. The summed E-state index contributed by atoms with van der Waals surface area (Å²) < 4.78 is 10.2. The van der Waals surface area contributed by atoms with E-state index in [4.69, 9.17) is 32.7 Å². The van der Waals surface area contributed by atoms with Gasteiger partial charge in [-0.2, -0.15) is 0 Å². The van der Waals surface area contributed by atoms with Gasteiger partial charge in [-0.3, -0.25) is 9.59 Å². The van der Waals surface area contributed by atoms with Crippen molar-refractivity contribution in [2.24, 2.45) is 0 Å². The third-order valence-corrected chi connectivity index (χ3v) is 3.44. The minimum atomic E-state index is -0.444. The van der Waals surface area contributed by atoms with Crippen LogP contribution < -0.4 is 5.32 Å². The number of amides is 2. The highest BCUT2D eigenvalue weighted by Crippen LogP contribution is 2.29. The number of hydrogen-bond donors (Lipinski definition) is 1. The Morgan fingerprint density at radius 2 is 1.95 bits per heavy atom. The van der Waals surface area contributed by atoms with Gasteiger partial charge in [-0.05, 0) is 12.1 Å². The van der Waals surface area contributed by atoms with Gasteiger partial charge in [0.1, 0.15) is 19.5 Å². The maximum Gasteiger partial charge on any atom is 0.292 e.